The van der Waals surface area contributed by atoms with Crippen LogP contribution in [0.4, 0.5) is 15.3 Å². The van der Waals surface area contributed by atoms with Crippen molar-refractivity contribution >= 4 is 17.7 Å². The molecule has 1 aromatic carbocycles. The summed E-state index contributed by atoms with van der Waals surface area (Å²) in [5.74, 6) is 0. The monoisotopic (exact) mass is 410 g/mol. The summed E-state index contributed by atoms with van der Waals surface area (Å²) in [4.78, 5) is 31.2. The molecule has 2 aliphatic rings. The van der Waals surface area contributed by atoms with Gasteiger partial charge in [0.05, 0.1) is 17.1 Å². The van der Waals surface area contributed by atoms with Gasteiger partial charge < -0.3 is 20.0 Å². The molecule has 3 heterocycles. The third-order valence-electron chi connectivity index (χ3n) is 5.85. The molecule has 30 heavy (non-hydrogen) atoms. The number of hydrogen-bond acceptors (Lipinski definition) is 3. The predicted molar refractivity (Wildman–Crippen MR) is 116 cm³/mol. The zero-order valence-electron chi connectivity index (χ0n) is 17.8. The van der Waals surface area contributed by atoms with E-state index >= 15 is 0 Å². The molecular formula is C22H30N6O2. The van der Waals surface area contributed by atoms with Crippen LogP contribution in [0.5, 0.6) is 0 Å². The Balaban J connectivity index is 1.38. The van der Waals surface area contributed by atoms with Crippen LogP contribution in [0, 0.1) is 13.8 Å². The van der Waals surface area contributed by atoms with E-state index in [0.29, 0.717) is 26.2 Å². The molecule has 0 aliphatic carbocycles. The number of hydrogen-bond donors (Lipinski definition) is 1. The van der Waals surface area contributed by atoms with Crippen LogP contribution in [0.15, 0.2) is 30.3 Å². The van der Waals surface area contributed by atoms with Crippen molar-refractivity contribution in [1.29, 1.82) is 0 Å². The molecule has 0 bridgehead atoms. The number of benzene rings is 1. The second kappa shape index (κ2) is 8.77. The zero-order chi connectivity index (χ0) is 21.1. The Morgan fingerprint density at radius 3 is 2.17 bits per heavy atom. The number of carbonyl (C=O) groups is 2. The molecule has 4 rings (SSSR count). The van der Waals surface area contributed by atoms with Crippen LogP contribution in [0.25, 0.3) is 5.69 Å². The molecular weight excluding hydrogens is 380 g/mol. The van der Waals surface area contributed by atoms with Gasteiger partial charge in [-0.05, 0) is 51.3 Å². The Bertz CT molecular complexity index is 910. The van der Waals surface area contributed by atoms with Crippen molar-refractivity contribution in [2.75, 3.05) is 44.6 Å². The number of nitrogens with one attached hydrogen (secondary N) is 1. The molecule has 8 nitrogen and oxygen atoms in total. The van der Waals surface area contributed by atoms with Crippen LogP contribution in [-0.4, -0.2) is 75.8 Å². The fourth-order valence-electron chi connectivity index (χ4n) is 4.22. The van der Waals surface area contributed by atoms with E-state index in [9.17, 15) is 9.59 Å². The maximum absolute atomic E-state index is 12.9. The highest BCUT2D eigenvalue weighted by atomic mass is 16.2. The lowest BCUT2D eigenvalue weighted by Crippen LogP contribution is -2.55. The Kier molecular flexibility index (Phi) is 5.92. The van der Waals surface area contributed by atoms with Gasteiger partial charge in [-0.25, -0.2) is 14.3 Å². The number of aryl methyl sites for hydroxylation is 2. The van der Waals surface area contributed by atoms with Gasteiger partial charge in [0.1, 0.15) is 0 Å². The summed E-state index contributed by atoms with van der Waals surface area (Å²) in [5.41, 5.74) is 3.51. The standard InChI is InChI=1S/C22H30N6O2/c1-17-16-18(2)28(24-17)20-9-5-4-8-19(20)23-21(29)25-12-14-27(15-13-25)22(30)26-10-6-3-7-11-26/h4-5,8-9,16H,3,6-7,10-15H2,1-2H3,(H,23,29). The van der Waals surface area contributed by atoms with E-state index < -0.39 is 0 Å². The number of rotatable bonds is 2. The molecule has 2 saturated heterocycles. The molecule has 8 heteroatoms. The number of piperazine rings is 1. The van der Waals surface area contributed by atoms with Crippen molar-refractivity contribution in [2.24, 2.45) is 0 Å². The van der Waals surface area contributed by atoms with E-state index in [1.807, 2.05) is 58.7 Å². The third kappa shape index (κ3) is 4.27. The SMILES string of the molecule is Cc1cc(C)n(-c2ccccc2NC(=O)N2CCN(C(=O)N3CCCCC3)CC2)n1. The number of aromatic nitrogens is 2. The number of anilines is 1. The second-order valence-corrected chi connectivity index (χ2v) is 8.09. The summed E-state index contributed by atoms with van der Waals surface area (Å²) in [7, 11) is 0. The Morgan fingerprint density at radius 1 is 0.867 bits per heavy atom. The fourth-order valence-corrected chi connectivity index (χ4v) is 4.22. The van der Waals surface area contributed by atoms with E-state index in [1.54, 1.807) is 4.90 Å². The average Bonchev–Trinajstić information content (AvgIpc) is 3.12. The van der Waals surface area contributed by atoms with Crippen LogP contribution in [0.2, 0.25) is 0 Å². The van der Waals surface area contributed by atoms with E-state index in [2.05, 4.69) is 10.4 Å². The smallest absolute Gasteiger partial charge is 0.322 e. The zero-order valence-corrected chi connectivity index (χ0v) is 17.8. The summed E-state index contributed by atoms with van der Waals surface area (Å²) in [6, 6.07) is 9.66. The quantitative estimate of drug-likeness (QED) is 0.826. The maximum Gasteiger partial charge on any atom is 0.322 e. The van der Waals surface area contributed by atoms with Crippen molar-refractivity contribution in [3.05, 3.63) is 41.7 Å². The van der Waals surface area contributed by atoms with Crippen molar-refractivity contribution in [2.45, 2.75) is 33.1 Å². The molecule has 0 atom stereocenters. The highest BCUT2D eigenvalue weighted by Crippen LogP contribution is 2.22. The number of amides is 4. The van der Waals surface area contributed by atoms with E-state index in [4.69, 9.17) is 0 Å². The van der Waals surface area contributed by atoms with Gasteiger partial charge in [-0.1, -0.05) is 12.1 Å². The average molecular weight is 411 g/mol. The van der Waals surface area contributed by atoms with Gasteiger partial charge in [-0.15, -0.1) is 0 Å². The second-order valence-electron chi connectivity index (χ2n) is 8.09. The first-order valence-electron chi connectivity index (χ1n) is 10.8. The molecule has 1 N–H and O–H groups in total. The summed E-state index contributed by atoms with van der Waals surface area (Å²) in [5, 5.41) is 7.57. The number of para-hydroxylation sites is 2. The predicted octanol–water partition coefficient (Wildman–Crippen LogP) is 3.24. The molecule has 0 saturated carbocycles. The summed E-state index contributed by atoms with van der Waals surface area (Å²) in [6.45, 7) is 7.86. The minimum absolute atomic E-state index is 0.115. The van der Waals surface area contributed by atoms with Gasteiger partial charge in [-0.3, -0.25) is 0 Å². The number of nitrogens with zero attached hydrogens (tertiary/aromatic N) is 5. The first-order chi connectivity index (χ1) is 14.5. The Morgan fingerprint density at radius 2 is 1.50 bits per heavy atom. The summed E-state index contributed by atoms with van der Waals surface area (Å²) in [6.07, 6.45) is 3.38. The normalized spacial score (nSPS) is 17.2. The van der Waals surface area contributed by atoms with Crippen LogP contribution in [-0.2, 0) is 0 Å². The van der Waals surface area contributed by atoms with Gasteiger partial charge in [0.25, 0.3) is 0 Å². The molecule has 1 aromatic heterocycles. The van der Waals surface area contributed by atoms with Crippen molar-refractivity contribution in [1.82, 2.24) is 24.5 Å². The molecule has 2 aliphatic heterocycles. The topological polar surface area (TPSA) is 73.7 Å². The molecule has 2 aromatic rings. The van der Waals surface area contributed by atoms with Crippen molar-refractivity contribution in [3.8, 4) is 5.69 Å². The van der Waals surface area contributed by atoms with Gasteiger partial charge in [-0.2, -0.15) is 5.10 Å². The van der Waals surface area contributed by atoms with Crippen molar-refractivity contribution < 1.29 is 9.59 Å². The minimum Gasteiger partial charge on any atom is -0.325 e. The highest BCUT2D eigenvalue weighted by molar-refractivity contribution is 5.91. The molecule has 2 fully saturated rings. The fraction of sp³-hybridized carbons (Fsp3) is 0.500. The van der Waals surface area contributed by atoms with Crippen LogP contribution in [0.3, 0.4) is 0 Å². The molecule has 0 unspecified atom stereocenters. The van der Waals surface area contributed by atoms with Crippen molar-refractivity contribution in [3.63, 3.8) is 0 Å². The van der Waals surface area contributed by atoms with Crippen LogP contribution >= 0.6 is 0 Å². The number of likely N-dealkylation sites (tertiary alicyclic amines) is 1. The lowest BCUT2D eigenvalue weighted by Gasteiger charge is -2.38. The van der Waals surface area contributed by atoms with Crippen LogP contribution < -0.4 is 5.32 Å². The van der Waals surface area contributed by atoms with E-state index in [0.717, 1.165) is 48.7 Å². The molecule has 0 spiro atoms. The Hall–Kier alpha value is -3.03. The first-order valence-corrected chi connectivity index (χ1v) is 10.8. The molecule has 160 valence electrons. The highest BCUT2D eigenvalue weighted by Gasteiger charge is 2.28. The summed E-state index contributed by atoms with van der Waals surface area (Å²) >= 11 is 0. The van der Waals surface area contributed by atoms with Gasteiger partial charge in [0.2, 0.25) is 0 Å². The lowest BCUT2D eigenvalue weighted by atomic mass is 10.1. The van der Waals surface area contributed by atoms with Crippen LogP contribution in [0.1, 0.15) is 30.7 Å². The van der Waals surface area contributed by atoms with E-state index in [1.165, 1.54) is 6.42 Å². The first kappa shape index (κ1) is 20.3. The largest absolute Gasteiger partial charge is 0.325 e. The number of piperidine rings is 1. The number of carbonyl (C=O) groups excluding carboxylic acids is 2. The van der Waals surface area contributed by atoms with Gasteiger partial charge >= 0.3 is 12.1 Å². The Labute approximate surface area is 177 Å². The number of urea groups is 2. The van der Waals surface area contributed by atoms with Gasteiger partial charge in [0, 0.05) is 45.0 Å². The summed E-state index contributed by atoms with van der Waals surface area (Å²) < 4.78 is 1.85. The minimum atomic E-state index is -0.144. The molecule has 4 amide bonds. The van der Waals surface area contributed by atoms with E-state index in [-0.39, 0.29) is 12.1 Å². The lowest BCUT2D eigenvalue weighted by molar-refractivity contribution is 0.116. The van der Waals surface area contributed by atoms with Gasteiger partial charge in [0.15, 0.2) is 0 Å². The third-order valence-corrected chi connectivity index (χ3v) is 5.85. The maximum atomic E-state index is 12.9. The molecule has 0 radical (unpaired) electrons.